The summed E-state index contributed by atoms with van der Waals surface area (Å²) in [4.78, 5) is 0. The molecule has 1 heterocycles. The summed E-state index contributed by atoms with van der Waals surface area (Å²) in [7, 11) is 1.63. The van der Waals surface area contributed by atoms with E-state index in [9.17, 15) is 0 Å². The number of rotatable bonds is 5. The zero-order chi connectivity index (χ0) is 14.5. The van der Waals surface area contributed by atoms with Gasteiger partial charge in [-0.25, -0.2) is 0 Å². The number of benzene rings is 2. The highest BCUT2D eigenvalue weighted by atomic mass is 16.5. The Bertz CT molecular complexity index is 708. The van der Waals surface area contributed by atoms with Gasteiger partial charge in [-0.05, 0) is 17.7 Å². The molecule has 3 aromatic rings. The topological polar surface area (TPSA) is 36.3 Å². The summed E-state index contributed by atoms with van der Waals surface area (Å²) in [5, 5.41) is 4.31. The first-order valence-electron chi connectivity index (χ1n) is 6.72. The second kappa shape index (κ2) is 6.13. The van der Waals surface area contributed by atoms with E-state index in [4.69, 9.17) is 9.47 Å². The van der Waals surface area contributed by atoms with Crippen LogP contribution >= 0.6 is 0 Å². The molecular weight excluding hydrogens is 264 g/mol. The second-order valence-electron chi connectivity index (χ2n) is 4.61. The van der Waals surface area contributed by atoms with Crippen LogP contribution in [0.4, 0.5) is 0 Å². The van der Waals surface area contributed by atoms with Gasteiger partial charge in [-0.15, -0.1) is 0 Å². The quantitative estimate of drug-likeness (QED) is 0.714. The van der Waals surface area contributed by atoms with E-state index in [1.165, 1.54) is 5.56 Å². The fourth-order valence-corrected chi connectivity index (χ4v) is 2.08. The summed E-state index contributed by atoms with van der Waals surface area (Å²) in [5.41, 5.74) is 1.20. The molecule has 0 N–H and O–H groups in total. The molecule has 0 radical (unpaired) electrons. The van der Waals surface area contributed by atoms with Crippen LogP contribution in [-0.2, 0) is 6.54 Å². The molecule has 0 amide bonds. The molecule has 0 aliphatic carbocycles. The molecule has 4 heteroatoms. The molecule has 21 heavy (non-hydrogen) atoms. The zero-order valence-corrected chi connectivity index (χ0v) is 11.8. The smallest absolute Gasteiger partial charge is 0.169 e. The molecule has 1 aromatic heterocycles. The Balaban J connectivity index is 1.73. The fraction of sp³-hybridized carbons (Fsp3) is 0.118. The van der Waals surface area contributed by atoms with Crippen LogP contribution in [0.3, 0.4) is 0 Å². The standard InChI is InChI=1S/C17H16N2O2/c1-20-16-9-5-6-10-17(16)21-15-11-18-19(13-15)12-14-7-3-2-4-8-14/h2-11,13H,12H2,1H3. The van der Waals surface area contributed by atoms with Gasteiger partial charge in [0.15, 0.2) is 17.2 Å². The van der Waals surface area contributed by atoms with Gasteiger partial charge in [-0.1, -0.05) is 42.5 Å². The van der Waals surface area contributed by atoms with Crippen LogP contribution in [0.1, 0.15) is 5.56 Å². The molecule has 0 aliphatic rings. The Morgan fingerprint density at radius 3 is 2.43 bits per heavy atom. The van der Waals surface area contributed by atoms with E-state index in [0.717, 1.165) is 6.54 Å². The number of hydrogen-bond donors (Lipinski definition) is 0. The molecule has 0 spiro atoms. The maximum atomic E-state index is 5.81. The molecule has 3 rings (SSSR count). The van der Waals surface area contributed by atoms with E-state index in [2.05, 4.69) is 17.2 Å². The minimum Gasteiger partial charge on any atom is -0.493 e. The first-order chi connectivity index (χ1) is 10.3. The minimum absolute atomic E-state index is 0.680. The van der Waals surface area contributed by atoms with Crippen LogP contribution in [-0.4, -0.2) is 16.9 Å². The molecule has 106 valence electrons. The second-order valence-corrected chi connectivity index (χ2v) is 4.61. The Labute approximate surface area is 123 Å². The predicted octanol–water partition coefficient (Wildman–Crippen LogP) is 3.73. The van der Waals surface area contributed by atoms with E-state index >= 15 is 0 Å². The van der Waals surface area contributed by atoms with Gasteiger partial charge in [0.25, 0.3) is 0 Å². The lowest BCUT2D eigenvalue weighted by Crippen LogP contribution is -1.99. The molecule has 0 aliphatic heterocycles. The maximum absolute atomic E-state index is 5.81. The highest BCUT2D eigenvalue weighted by Gasteiger charge is 2.06. The summed E-state index contributed by atoms with van der Waals surface area (Å²) >= 11 is 0. The van der Waals surface area contributed by atoms with Crippen molar-refractivity contribution in [1.29, 1.82) is 0 Å². The number of ether oxygens (including phenoxy) is 2. The van der Waals surface area contributed by atoms with Crippen molar-refractivity contribution in [3.63, 3.8) is 0 Å². The summed E-state index contributed by atoms with van der Waals surface area (Å²) < 4.78 is 12.9. The number of hydrogen-bond acceptors (Lipinski definition) is 3. The van der Waals surface area contributed by atoms with Crippen molar-refractivity contribution >= 4 is 0 Å². The maximum Gasteiger partial charge on any atom is 0.169 e. The lowest BCUT2D eigenvalue weighted by Gasteiger charge is -2.07. The van der Waals surface area contributed by atoms with Crippen LogP contribution in [0.25, 0.3) is 0 Å². The normalized spacial score (nSPS) is 10.3. The molecule has 2 aromatic carbocycles. The minimum atomic E-state index is 0.680. The third-order valence-electron chi connectivity index (χ3n) is 3.09. The van der Waals surface area contributed by atoms with Gasteiger partial charge >= 0.3 is 0 Å². The van der Waals surface area contributed by atoms with E-state index in [1.54, 1.807) is 13.3 Å². The highest BCUT2D eigenvalue weighted by Crippen LogP contribution is 2.30. The number of nitrogens with zero attached hydrogens (tertiary/aromatic N) is 2. The van der Waals surface area contributed by atoms with Crippen LogP contribution in [0.5, 0.6) is 17.2 Å². The van der Waals surface area contributed by atoms with Crippen molar-refractivity contribution in [2.75, 3.05) is 7.11 Å². The molecular formula is C17H16N2O2. The first-order valence-corrected chi connectivity index (χ1v) is 6.72. The van der Waals surface area contributed by atoms with Crippen LogP contribution in [0.2, 0.25) is 0 Å². The van der Waals surface area contributed by atoms with Gasteiger partial charge in [-0.2, -0.15) is 5.10 Å². The van der Waals surface area contributed by atoms with Gasteiger partial charge in [0.1, 0.15) is 0 Å². The summed E-state index contributed by atoms with van der Waals surface area (Å²) in [6.07, 6.45) is 3.58. The fourth-order valence-electron chi connectivity index (χ4n) is 2.08. The van der Waals surface area contributed by atoms with Crippen LogP contribution < -0.4 is 9.47 Å². The van der Waals surface area contributed by atoms with Crippen molar-refractivity contribution in [2.24, 2.45) is 0 Å². The van der Waals surface area contributed by atoms with Gasteiger partial charge in [0.05, 0.1) is 26.0 Å². The average molecular weight is 280 g/mol. The summed E-state index contributed by atoms with van der Waals surface area (Å²) in [5.74, 6) is 2.07. The average Bonchev–Trinajstić information content (AvgIpc) is 2.96. The molecule has 0 saturated heterocycles. The van der Waals surface area contributed by atoms with Crippen molar-refractivity contribution < 1.29 is 9.47 Å². The van der Waals surface area contributed by atoms with E-state index in [-0.39, 0.29) is 0 Å². The van der Waals surface area contributed by atoms with Gasteiger partial charge in [0, 0.05) is 0 Å². The third-order valence-corrected chi connectivity index (χ3v) is 3.09. The van der Waals surface area contributed by atoms with Gasteiger partial charge in [-0.3, -0.25) is 4.68 Å². The largest absolute Gasteiger partial charge is 0.493 e. The van der Waals surface area contributed by atoms with Gasteiger partial charge in [0.2, 0.25) is 0 Å². The SMILES string of the molecule is COc1ccccc1Oc1cnn(Cc2ccccc2)c1. The predicted molar refractivity (Wildman–Crippen MR) is 80.8 cm³/mol. The Hall–Kier alpha value is -2.75. The van der Waals surface area contributed by atoms with Crippen LogP contribution in [0, 0.1) is 0 Å². The Kier molecular flexibility index (Phi) is 3.87. The molecule has 0 bridgehead atoms. The van der Waals surface area contributed by atoms with Crippen molar-refractivity contribution in [2.45, 2.75) is 6.54 Å². The van der Waals surface area contributed by atoms with Crippen molar-refractivity contribution in [3.05, 3.63) is 72.6 Å². The number of aromatic nitrogens is 2. The third kappa shape index (κ3) is 3.23. The first kappa shape index (κ1) is 13.2. The number of para-hydroxylation sites is 2. The van der Waals surface area contributed by atoms with E-state index in [1.807, 2.05) is 53.3 Å². The lowest BCUT2D eigenvalue weighted by atomic mass is 10.2. The molecule has 0 saturated carbocycles. The Morgan fingerprint density at radius 2 is 1.67 bits per heavy atom. The molecule has 0 atom stereocenters. The van der Waals surface area contributed by atoms with Gasteiger partial charge < -0.3 is 9.47 Å². The summed E-state index contributed by atoms with van der Waals surface area (Å²) in [6, 6.07) is 17.7. The monoisotopic (exact) mass is 280 g/mol. The van der Waals surface area contributed by atoms with Crippen molar-refractivity contribution in [1.82, 2.24) is 9.78 Å². The lowest BCUT2D eigenvalue weighted by molar-refractivity contribution is 0.378. The zero-order valence-electron chi connectivity index (χ0n) is 11.8. The van der Waals surface area contributed by atoms with E-state index < -0.39 is 0 Å². The van der Waals surface area contributed by atoms with Crippen molar-refractivity contribution in [3.8, 4) is 17.2 Å². The number of methoxy groups -OCH3 is 1. The van der Waals surface area contributed by atoms with E-state index in [0.29, 0.717) is 17.2 Å². The molecule has 0 unspecified atom stereocenters. The van der Waals surface area contributed by atoms with Crippen LogP contribution in [0.15, 0.2) is 67.0 Å². The Morgan fingerprint density at radius 1 is 0.952 bits per heavy atom. The molecule has 0 fully saturated rings. The highest BCUT2D eigenvalue weighted by molar-refractivity contribution is 5.41. The molecule has 4 nitrogen and oxygen atoms in total. The summed E-state index contributed by atoms with van der Waals surface area (Å²) in [6.45, 7) is 0.718.